The molecule has 5 aromatic rings. The van der Waals surface area contributed by atoms with Crippen molar-refractivity contribution in [2.75, 3.05) is 23.4 Å². The van der Waals surface area contributed by atoms with Gasteiger partial charge in [-0.2, -0.15) is 0 Å². The minimum Gasteiger partial charge on any atom is -0.447 e. The molecule has 218 valence electrons. The third-order valence-corrected chi connectivity index (χ3v) is 7.71. The Labute approximate surface area is 253 Å². The zero-order chi connectivity index (χ0) is 30.7. The summed E-state index contributed by atoms with van der Waals surface area (Å²) in [6.07, 6.45) is -0.677. The molecule has 1 aliphatic rings. The van der Waals surface area contributed by atoms with E-state index in [0.29, 0.717) is 5.69 Å². The lowest BCUT2D eigenvalue weighted by Gasteiger charge is -2.38. The molecule has 1 heterocycles. The van der Waals surface area contributed by atoms with Gasteiger partial charge in [-0.25, -0.2) is 9.18 Å². The second-order valence-corrected chi connectivity index (χ2v) is 10.3. The molecule has 1 fully saturated rings. The lowest BCUT2D eigenvalue weighted by molar-refractivity contribution is -0.384. The summed E-state index contributed by atoms with van der Waals surface area (Å²) in [6, 6.07) is 37.8. The third-order valence-electron chi connectivity index (χ3n) is 7.71. The monoisotopic (exact) mass is 586 g/mol. The summed E-state index contributed by atoms with van der Waals surface area (Å²) in [6.45, 7) is 0.295. The Bertz CT molecular complexity index is 1750. The first-order valence-corrected chi connectivity index (χ1v) is 13.9. The van der Waals surface area contributed by atoms with Gasteiger partial charge in [0.2, 0.25) is 0 Å². The van der Waals surface area contributed by atoms with E-state index in [1.807, 2.05) is 91.0 Å². The number of nitro groups is 1. The van der Waals surface area contributed by atoms with Gasteiger partial charge in [-0.05, 0) is 41.0 Å². The number of amides is 1. The number of nitrogens with zero attached hydrogens (tertiary/aromatic N) is 2. The first kappa shape index (κ1) is 28.3. The van der Waals surface area contributed by atoms with Crippen molar-refractivity contribution in [3.05, 3.63) is 171 Å². The summed E-state index contributed by atoms with van der Waals surface area (Å²) in [7, 11) is 0. The van der Waals surface area contributed by atoms with Crippen LogP contribution in [0.5, 0.6) is 0 Å². The standard InChI is InChI=1S/C35H27FN4O4/c36-30-18-16-24(22-32(30)39-20-21-44-34(39)41)33(37)29-23-28(40(42)43)17-19-31(29)38-35(25-10-4-1-5-11-25,26-12-6-2-7-13-26)27-14-8-3-9-15-27/h1-19,22-23,37-38H,20-21H2. The highest BCUT2D eigenvalue weighted by atomic mass is 19.1. The fourth-order valence-electron chi connectivity index (χ4n) is 5.59. The number of carbonyl (C=O) groups is 1. The van der Waals surface area contributed by atoms with E-state index < -0.39 is 22.4 Å². The summed E-state index contributed by atoms with van der Waals surface area (Å²) >= 11 is 0. The Morgan fingerprint density at radius 3 is 1.91 bits per heavy atom. The molecule has 0 atom stereocenters. The fraction of sp³-hybridized carbons (Fsp3) is 0.0857. The first-order valence-electron chi connectivity index (χ1n) is 13.9. The molecular formula is C35H27FN4O4. The van der Waals surface area contributed by atoms with E-state index in [-0.39, 0.29) is 41.4 Å². The smallest absolute Gasteiger partial charge is 0.414 e. The van der Waals surface area contributed by atoms with Crippen molar-refractivity contribution in [3.8, 4) is 0 Å². The topological polar surface area (TPSA) is 109 Å². The Hall–Kier alpha value is -5.83. The fourth-order valence-corrected chi connectivity index (χ4v) is 5.59. The van der Waals surface area contributed by atoms with Crippen LogP contribution in [0.4, 0.5) is 26.2 Å². The quantitative estimate of drug-likeness (QED) is 0.0804. The minimum atomic E-state index is -0.970. The average molecular weight is 587 g/mol. The molecule has 44 heavy (non-hydrogen) atoms. The number of hydrogen-bond acceptors (Lipinski definition) is 6. The normalized spacial score (nSPS) is 12.9. The van der Waals surface area contributed by atoms with Gasteiger partial charge in [-0.15, -0.1) is 0 Å². The molecule has 1 amide bonds. The summed E-state index contributed by atoms with van der Waals surface area (Å²) in [5, 5.41) is 24.8. The van der Waals surface area contributed by atoms with Crippen LogP contribution in [0.3, 0.4) is 0 Å². The van der Waals surface area contributed by atoms with Gasteiger partial charge < -0.3 is 10.1 Å². The molecule has 1 saturated heterocycles. The molecule has 2 N–H and O–H groups in total. The van der Waals surface area contributed by atoms with E-state index in [0.717, 1.165) is 16.7 Å². The summed E-state index contributed by atoms with van der Waals surface area (Å²) in [5.41, 5.74) is 2.38. The maximum atomic E-state index is 14.9. The van der Waals surface area contributed by atoms with Crippen LogP contribution >= 0.6 is 0 Å². The molecule has 0 saturated carbocycles. The zero-order valence-electron chi connectivity index (χ0n) is 23.4. The van der Waals surface area contributed by atoms with Crippen LogP contribution in [-0.4, -0.2) is 29.9 Å². The molecule has 0 radical (unpaired) electrons. The lowest BCUT2D eigenvalue weighted by atomic mass is 9.76. The molecule has 0 spiro atoms. The van der Waals surface area contributed by atoms with E-state index in [9.17, 15) is 24.7 Å². The Morgan fingerprint density at radius 2 is 1.41 bits per heavy atom. The van der Waals surface area contributed by atoms with Crippen molar-refractivity contribution in [1.82, 2.24) is 0 Å². The number of nitrogens with one attached hydrogen (secondary N) is 2. The minimum absolute atomic E-state index is 0.0260. The summed E-state index contributed by atoms with van der Waals surface area (Å²) < 4.78 is 19.9. The summed E-state index contributed by atoms with van der Waals surface area (Å²) in [5.74, 6) is -0.644. The van der Waals surface area contributed by atoms with E-state index in [1.54, 1.807) is 6.07 Å². The van der Waals surface area contributed by atoms with Gasteiger partial charge in [0.1, 0.15) is 18.0 Å². The van der Waals surface area contributed by atoms with E-state index >= 15 is 0 Å². The van der Waals surface area contributed by atoms with Crippen molar-refractivity contribution in [2.45, 2.75) is 5.54 Å². The van der Waals surface area contributed by atoms with Gasteiger partial charge in [0, 0.05) is 28.9 Å². The molecule has 1 aliphatic heterocycles. The molecule has 0 aliphatic carbocycles. The van der Waals surface area contributed by atoms with Crippen LogP contribution in [0, 0.1) is 21.3 Å². The van der Waals surface area contributed by atoms with Crippen LogP contribution < -0.4 is 10.2 Å². The van der Waals surface area contributed by atoms with Crippen molar-refractivity contribution < 1.29 is 18.8 Å². The molecule has 6 rings (SSSR count). The highest BCUT2D eigenvalue weighted by Gasteiger charge is 2.37. The Kier molecular flexibility index (Phi) is 7.59. The second kappa shape index (κ2) is 11.8. The molecule has 0 unspecified atom stereocenters. The number of rotatable bonds is 9. The molecule has 0 aromatic heterocycles. The number of halogens is 1. The molecule has 0 bridgehead atoms. The number of anilines is 2. The van der Waals surface area contributed by atoms with Crippen LogP contribution in [0.25, 0.3) is 0 Å². The third kappa shape index (κ3) is 5.15. The van der Waals surface area contributed by atoms with Gasteiger partial charge in [-0.3, -0.25) is 20.4 Å². The maximum absolute atomic E-state index is 14.9. The van der Waals surface area contributed by atoms with E-state index in [1.165, 1.54) is 35.2 Å². The predicted molar refractivity (Wildman–Crippen MR) is 167 cm³/mol. The van der Waals surface area contributed by atoms with Crippen LogP contribution in [0.2, 0.25) is 0 Å². The van der Waals surface area contributed by atoms with Crippen LogP contribution in [-0.2, 0) is 10.3 Å². The van der Waals surface area contributed by atoms with Crippen molar-refractivity contribution in [1.29, 1.82) is 5.41 Å². The maximum Gasteiger partial charge on any atom is 0.414 e. The number of non-ortho nitro benzene ring substituents is 1. The number of cyclic esters (lactones) is 1. The van der Waals surface area contributed by atoms with Gasteiger partial charge in [0.25, 0.3) is 5.69 Å². The first-order chi connectivity index (χ1) is 21.4. The van der Waals surface area contributed by atoms with Crippen LogP contribution in [0.15, 0.2) is 127 Å². The highest BCUT2D eigenvalue weighted by molar-refractivity contribution is 6.15. The Balaban J connectivity index is 1.55. The molecule has 8 nitrogen and oxygen atoms in total. The van der Waals surface area contributed by atoms with E-state index in [2.05, 4.69) is 5.32 Å². The van der Waals surface area contributed by atoms with Crippen molar-refractivity contribution >= 4 is 28.9 Å². The number of ether oxygens (including phenoxy) is 1. The van der Waals surface area contributed by atoms with Crippen LogP contribution in [0.1, 0.15) is 27.8 Å². The lowest BCUT2D eigenvalue weighted by Crippen LogP contribution is -2.38. The largest absolute Gasteiger partial charge is 0.447 e. The molecule has 9 heteroatoms. The zero-order valence-corrected chi connectivity index (χ0v) is 23.4. The summed E-state index contributed by atoms with van der Waals surface area (Å²) in [4.78, 5) is 24.8. The van der Waals surface area contributed by atoms with Gasteiger partial charge in [0.05, 0.1) is 22.9 Å². The molecule has 5 aromatic carbocycles. The molecular weight excluding hydrogens is 559 g/mol. The Morgan fingerprint density at radius 1 is 0.841 bits per heavy atom. The number of nitro benzene ring substituents is 1. The van der Waals surface area contributed by atoms with Gasteiger partial charge in [-0.1, -0.05) is 91.0 Å². The number of carbonyl (C=O) groups excluding carboxylic acids is 1. The number of hydrogen-bond donors (Lipinski definition) is 2. The van der Waals surface area contributed by atoms with Crippen molar-refractivity contribution in [2.24, 2.45) is 0 Å². The van der Waals surface area contributed by atoms with Crippen molar-refractivity contribution in [3.63, 3.8) is 0 Å². The van der Waals surface area contributed by atoms with Gasteiger partial charge in [0.15, 0.2) is 0 Å². The van der Waals surface area contributed by atoms with Gasteiger partial charge >= 0.3 is 6.09 Å². The highest BCUT2D eigenvalue weighted by Crippen LogP contribution is 2.41. The van der Waals surface area contributed by atoms with E-state index in [4.69, 9.17) is 4.74 Å². The number of benzene rings is 5. The average Bonchev–Trinajstić information content (AvgIpc) is 3.50. The second-order valence-electron chi connectivity index (χ2n) is 10.3. The SMILES string of the molecule is N=C(c1ccc(F)c(N2CCOC2=O)c1)c1cc([N+](=O)[O-])ccc1NC(c1ccccc1)(c1ccccc1)c1ccccc1. The predicted octanol–water partition coefficient (Wildman–Crippen LogP) is 7.51.